The van der Waals surface area contributed by atoms with E-state index in [9.17, 15) is 0 Å². The molecule has 7 heteroatoms. The average Bonchev–Trinajstić information content (AvgIpc) is 3.07. The third-order valence-electron chi connectivity index (χ3n) is 4.24. The first-order valence-corrected chi connectivity index (χ1v) is 7.87. The number of nitrogens with two attached hydrogens (primary N) is 1. The van der Waals surface area contributed by atoms with Crippen LogP contribution in [0.5, 0.6) is 5.75 Å². The second-order valence-corrected chi connectivity index (χ2v) is 5.84. The van der Waals surface area contributed by atoms with Gasteiger partial charge in [0.15, 0.2) is 5.82 Å². The molecule has 0 radical (unpaired) electrons. The minimum atomic E-state index is 0.159. The average molecular weight is 322 g/mol. The summed E-state index contributed by atoms with van der Waals surface area (Å²) in [5.74, 6) is 2.17. The molecule has 1 unspecified atom stereocenters. The Hall–Kier alpha value is -2.80. The first kappa shape index (κ1) is 14.8. The molecule has 4 heterocycles. The van der Waals surface area contributed by atoms with E-state index in [2.05, 4.69) is 19.9 Å². The van der Waals surface area contributed by atoms with Crippen molar-refractivity contribution in [2.45, 2.75) is 12.5 Å². The van der Waals surface area contributed by atoms with Gasteiger partial charge >= 0.3 is 0 Å². The van der Waals surface area contributed by atoms with Gasteiger partial charge in [-0.1, -0.05) is 0 Å². The zero-order valence-corrected chi connectivity index (χ0v) is 13.4. The number of fused-ring (bicyclic) bond motifs is 1. The summed E-state index contributed by atoms with van der Waals surface area (Å²) in [5, 5.41) is 0.874. The van der Waals surface area contributed by atoms with E-state index in [4.69, 9.17) is 15.5 Å². The normalized spacial score (nSPS) is 17.4. The van der Waals surface area contributed by atoms with Crippen molar-refractivity contribution < 1.29 is 4.74 Å². The molecule has 0 aliphatic carbocycles. The van der Waals surface area contributed by atoms with E-state index >= 15 is 0 Å². The van der Waals surface area contributed by atoms with E-state index in [0.29, 0.717) is 11.6 Å². The van der Waals surface area contributed by atoms with Crippen LogP contribution in [0.15, 0.2) is 36.9 Å². The second-order valence-electron chi connectivity index (χ2n) is 5.84. The van der Waals surface area contributed by atoms with Crippen LogP contribution in [0.3, 0.4) is 0 Å². The van der Waals surface area contributed by atoms with Gasteiger partial charge in [-0.2, -0.15) is 0 Å². The van der Waals surface area contributed by atoms with Crippen LogP contribution >= 0.6 is 0 Å². The predicted octanol–water partition coefficient (Wildman–Crippen LogP) is 1.63. The lowest BCUT2D eigenvalue weighted by molar-refractivity contribution is 0.418. The number of hydrogen-bond acceptors (Lipinski definition) is 7. The largest absolute Gasteiger partial charge is 0.494 e. The third kappa shape index (κ3) is 2.52. The summed E-state index contributed by atoms with van der Waals surface area (Å²) in [7, 11) is 1.63. The maximum absolute atomic E-state index is 6.09. The van der Waals surface area contributed by atoms with Crippen molar-refractivity contribution in [3.63, 3.8) is 0 Å². The molecule has 24 heavy (non-hydrogen) atoms. The van der Waals surface area contributed by atoms with Crippen molar-refractivity contribution in [1.82, 2.24) is 19.9 Å². The van der Waals surface area contributed by atoms with Crippen molar-refractivity contribution in [1.29, 1.82) is 0 Å². The molecule has 7 nitrogen and oxygen atoms in total. The Morgan fingerprint density at radius 2 is 2.00 bits per heavy atom. The molecule has 0 aromatic carbocycles. The highest BCUT2D eigenvalue weighted by Crippen LogP contribution is 2.34. The first-order valence-electron chi connectivity index (χ1n) is 7.87. The Bertz CT molecular complexity index is 870. The number of rotatable bonds is 3. The van der Waals surface area contributed by atoms with Crippen LogP contribution in [0.25, 0.3) is 22.3 Å². The van der Waals surface area contributed by atoms with Gasteiger partial charge in [0.2, 0.25) is 0 Å². The summed E-state index contributed by atoms with van der Waals surface area (Å²) in [6.45, 7) is 1.64. The van der Waals surface area contributed by atoms with Crippen molar-refractivity contribution in [2.75, 3.05) is 25.1 Å². The van der Waals surface area contributed by atoms with Crippen LogP contribution in [0.1, 0.15) is 6.42 Å². The lowest BCUT2D eigenvalue weighted by Gasteiger charge is -2.20. The molecule has 4 rings (SSSR count). The third-order valence-corrected chi connectivity index (χ3v) is 4.24. The molecule has 0 spiro atoms. The van der Waals surface area contributed by atoms with E-state index in [1.807, 2.05) is 12.1 Å². The molecule has 1 aliphatic heterocycles. The number of hydrogen-bond donors (Lipinski definition) is 1. The summed E-state index contributed by atoms with van der Waals surface area (Å²) in [5.41, 5.74) is 7.76. The molecule has 0 saturated carbocycles. The maximum atomic E-state index is 6.09. The summed E-state index contributed by atoms with van der Waals surface area (Å²) in [4.78, 5) is 20.0. The fraction of sp³-hybridized carbons (Fsp3) is 0.294. The molecule has 3 aromatic rings. The first-order chi connectivity index (χ1) is 11.8. The molecule has 1 atom stereocenters. The minimum Gasteiger partial charge on any atom is -0.494 e. The SMILES string of the molecule is COc1cncc2nc(-c3ccncc3)nc(N3CCC(N)C3)c12. The molecular weight excluding hydrogens is 304 g/mol. The molecule has 1 fully saturated rings. The minimum absolute atomic E-state index is 0.159. The van der Waals surface area contributed by atoms with E-state index in [-0.39, 0.29) is 6.04 Å². The quantitative estimate of drug-likeness (QED) is 0.783. The van der Waals surface area contributed by atoms with Gasteiger partial charge < -0.3 is 15.4 Å². The monoisotopic (exact) mass is 322 g/mol. The van der Waals surface area contributed by atoms with Gasteiger partial charge in [-0.25, -0.2) is 9.97 Å². The summed E-state index contributed by atoms with van der Waals surface area (Å²) in [6, 6.07) is 3.95. The number of anilines is 1. The van der Waals surface area contributed by atoms with Crippen LogP contribution in [-0.2, 0) is 0 Å². The molecule has 122 valence electrons. The highest BCUT2D eigenvalue weighted by atomic mass is 16.5. The second kappa shape index (κ2) is 6.01. The van der Waals surface area contributed by atoms with E-state index < -0.39 is 0 Å². The van der Waals surface area contributed by atoms with E-state index in [1.54, 1.807) is 31.9 Å². The molecule has 0 bridgehead atoms. The molecule has 0 amide bonds. The Kier molecular flexibility index (Phi) is 3.70. The van der Waals surface area contributed by atoms with Crippen molar-refractivity contribution in [3.8, 4) is 17.1 Å². The zero-order chi connectivity index (χ0) is 16.5. The van der Waals surface area contributed by atoms with Crippen molar-refractivity contribution in [2.24, 2.45) is 5.73 Å². The van der Waals surface area contributed by atoms with Crippen molar-refractivity contribution >= 4 is 16.7 Å². The maximum Gasteiger partial charge on any atom is 0.162 e. The van der Waals surface area contributed by atoms with Crippen LogP contribution in [0.4, 0.5) is 5.82 Å². The van der Waals surface area contributed by atoms with Crippen LogP contribution < -0.4 is 15.4 Å². The lowest BCUT2D eigenvalue weighted by Crippen LogP contribution is -2.27. The van der Waals surface area contributed by atoms with Crippen LogP contribution in [0, 0.1) is 0 Å². The standard InChI is InChI=1S/C17H18N6O/c1-24-14-9-20-8-13-15(14)17(23-7-4-12(18)10-23)22-16(21-13)11-2-5-19-6-3-11/h2-3,5-6,8-9,12H,4,7,10,18H2,1H3. The Labute approximate surface area is 139 Å². The summed E-state index contributed by atoms with van der Waals surface area (Å²) >= 11 is 0. The molecule has 3 aromatic heterocycles. The van der Waals surface area contributed by atoms with Crippen molar-refractivity contribution in [3.05, 3.63) is 36.9 Å². The molecule has 2 N–H and O–H groups in total. The van der Waals surface area contributed by atoms with E-state index in [1.165, 1.54) is 0 Å². The number of ether oxygens (including phenoxy) is 1. The Balaban J connectivity index is 1.95. The Morgan fingerprint density at radius 3 is 2.71 bits per heavy atom. The number of methoxy groups -OCH3 is 1. The van der Waals surface area contributed by atoms with E-state index in [0.717, 1.165) is 41.8 Å². The fourth-order valence-electron chi connectivity index (χ4n) is 3.03. The van der Waals surface area contributed by atoms with Gasteiger partial charge in [-0.15, -0.1) is 0 Å². The van der Waals surface area contributed by atoms with Crippen LogP contribution in [0.2, 0.25) is 0 Å². The van der Waals surface area contributed by atoms with Gasteiger partial charge in [0.05, 0.1) is 30.4 Å². The lowest BCUT2D eigenvalue weighted by atomic mass is 10.2. The highest BCUT2D eigenvalue weighted by Gasteiger charge is 2.25. The molecule has 1 saturated heterocycles. The van der Waals surface area contributed by atoms with Gasteiger partial charge in [0, 0.05) is 37.1 Å². The Morgan fingerprint density at radius 1 is 1.17 bits per heavy atom. The highest BCUT2D eigenvalue weighted by molar-refractivity contribution is 5.95. The summed E-state index contributed by atoms with van der Waals surface area (Å²) in [6.07, 6.45) is 7.85. The van der Waals surface area contributed by atoms with Gasteiger partial charge in [0.1, 0.15) is 11.6 Å². The molecule has 1 aliphatic rings. The summed E-state index contributed by atoms with van der Waals surface area (Å²) < 4.78 is 5.49. The van der Waals surface area contributed by atoms with Crippen LogP contribution in [-0.4, -0.2) is 46.2 Å². The topological polar surface area (TPSA) is 90.0 Å². The zero-order valence-electron chi connectivity index (χ0n) is 13.4. The van der Waals surface area contributed by atoms with Gasteiger partial charge in [0.25, 0.3) is 0 Å². The molecular formula is C17H18N6O. The number of aromatic nitrogens is 4. The fourth-order valence-corrected chi connectivity index (χ4v) is 3.03. The van der Waals surface area contributed by atoms with Gasteiger partial charge in [-0.3, -0.25) is 9.97 Å². The van der Waals surface area contributed by atoms with Gasteiger partial charge in [-0.05, 0) is 18.6 Å². The number of nitrogens with zero attached hydrogens (tertiary/aromatic N) is 5. The smallest absolute Gasteiger partial charge is 0.162 e. The number of pyridine rings is 2. The predicted molar refractivity (Wildman–Crippen MR) is 91.9 cm³/mol.